The number of aromatic nitrogens is 2. The number of rotatable bonds is 6. The number of esters is 1. The summed E-state index contributed by atoms with van der Waals surface area (Å²) >= 11 is 7.93. The molecule has 2 aromatic heterocycles. The summed E-state index contributed by atoms with van der Waals surface area (Å²) in [7, 11) is 2.96. The minimum atomic E-state index is -0.382. The first kappa shape index (κ1) is 22.1. The van der Waals surface area contributed by atoms with Crippen LogP contribution in [0.2, 0.25) is 5.02 Å². The molecule has 5 aromatic rings. The third kappa shape index (κ3) is 4.16. The number of hydrogen-bond donors (Lipinski definition) is 1. The van der Waals surface area contributed by atoms with E-state index in [9.17, 15) is 4.79 Å². The molecule has 2 heterocycles. The van der Waals surface area contributed by atoms with Crippen molar-refractivity contribution in [1.82, 2.24) is 9.97 Å². The Balaban J connectivity index is 1.57. The summed E-state index contributed by atoms with van der Waals surface area (Å²) in [4.78, 5) is 22.4. The fourth-order valence-electron chi connectivity index (χ4n) is 3.76. The van der Waals surface area contributed by atoms with Crippen molar-refractivity contribution in [3.05, 3.63) is 82.9 Å². The van der Waals surface area contributed by atoms with Gasteiger partial charge in [0.1, 0.15) is 16.4 Å². The summed E-state index contributed by atoms with van der Waals surface area (Å²) < 4.78 is 11.2. The number of hydrogen-bond acceptors (Lipinski definition) is 7. The zero-order valence-electron chi connectivity index (χ0n) is 18.5. The van der Waals surface area contributed by atoms with Crippen LogP contribution in [0.3, 0.4) is 0 Å². The van der Waals surface area contributed by atoms with Gasteiger partial charge in [0.15, 0.2) is 5.82 Å². The molecule has 0 atom stereocenters. The predicted molar refractivity (Wildman–Crippen MR) is 137 cm³/mol. The maximum Gasteiger partial charge on any atom is 0.337 e. The number of halogens is 1. The fourth-order valence-corrected chi connectivity index (χ4v) is 5.12. The molecule has 3 aromatic carbocycles. The number of thiophene rings is 1. The van der Waals surface area contributed by atoms with Crippen molar-refractivity contribution in [3.63, 3.8) is 0 Å². The second kappa shape index (κ2) is 9.29. The van der Waals surface area contributed by atoms with E-state index in [-0.39, 0.29) is 5.97 Å². The number of nitrogens with one attached hydrogen (secondary N) is 1. The van der Waals surface area contributed by atoms with Gasteiger partial charge in [0.25, 0.3) is 0 Å². The van der Waals surface area contributed by atoms with Gasteiger partial charge in [0.05, 0.1) is 30.2 Å². The van der Waals surface area contributed by atoms with Gasteiger partial charge in [-0.1, -0.05) is 48.0 Å². The Labute approximate surface area is 205 Å². The molecule has 34 heavy (non-hydrogen) atoms. The monoisotopic (exact) mass is 489 g/mol. The van der Waals surface area contributed by atoms with Crippen molar-refractivity contribution in [2.24, 2.45) is 0 Å². The smallest absolute Gasteiger partial charge is 0.337 e. The SMILES string of the molecule is COC(=O)c1ccc(-c2nc(NCc3ccc(OC)c(Cl)c3)c3c(n2)sc2ccccc23)cc1. The van der Waals surface area contributed by atoms with Gasteiger partial charge < -0.3 is 14.8 Å². The number of fused-ring (bicyclic) bond motifs is 3. The second-order valence-corrected chi connectivity index (χ2v) is 9.00. The van der Waals surface area contributed by atoms with Crippen LogP contribution in [-0.2, 0) is 11.3 Å². The minimum absolute atomic E-state index is 0.382. The van der Waals surface area contributed by atoms with Crippen molar-refractivity contribution in [2.75, 3.05) is 19.5 Å². The number of ether oxygens (including phenoxy) is 2. The summed E-state index contributed by atoms with van der Waals surface area (Å²) in [5, 5.41) is 6.12. The first-order valence-corrected chi connectivity index (χ1v) is 11.7. The van der Waals surface area contributed by atoms with E-state index < -0.39 is 0 Å². The summed E-state index contributed by atoms with van der Waals surface area (Å²) in [6, 6.07) is 21.0. The molecule has 0 unspecified atom stereocenters. The number of carbonyl (C=O) groups is 1. The van der Waals surface area contributed by atoms with Crippen LogP contribution in [-0.4, -0.2) is 30.2 Å². The van der Waals surface area contributed by atoms with Crippen molar-refractivity contribution in [2.45, 2.75) is 6.54 Å². The van der Waals surface area contributed by atoms with Gasteiger partial charge in [0.2, 0.25) is 0 Å². The number of carbonyl (C=O) groups excluding carboxylic acids is 1. The largest absolute Gasteiger partial charge is 0.495 e. The van der Waals surface area contributed by atoms with E-state index in [1.54, 1.807) is 30.6 Å². The average Bonchev–Trinajstić information content (AvgIpc) is 3.25. The first-order valence-electron chi connectivity index (χ1n) is 10.5. The highest BCUT2D eigenvalue weighted by atomic mass is 35.5. The zero-order chi connectivity index (χ0) is 23.7. The van der Waals surface area contributed by atoms with E-state index in [0.29, 0.717) is 28.7 Å². The van der Waals surface area contributed by atoms with E-state index in [1.165, 1.54) is 7.11 Å². The Kier molecular flexibility index (Phi) is 6.04. The molecule has 0 aliphatic heterocycles. The molecule has 0 aliphatic carbocycles. The van der Waals surface area contributed by atoms with E-state index >= 15 is 0 Å². The van der Waals surface area contributed by atoms with Gasteiger partial charge in [-0.3, -0.25) is 0 Å². The summed E-state index contributed by atoms with van der Waals surface area (Å²) in [5.74, 6) is 1.57. The first-order chi connectivity index (χ1) is 16.6. The number of methoxy groups -OCH3 is 2. The number of benzene rings is 3. The fraction of sp³-hybridized carbons (Fsp3) is 0.115. The lowest BCUT2D eigenvalue weighted by atomic mass is 10.1. The molecule has 0 bridgehead atoms. The van der Waals surface area contributed by atoms with Gasteiger partial charge in [-0.05, 0) is 35.9 Å². The highest BCUT2D eigenvalue weighted by molar-refractivity contribution is 7.25. The molecule has 170 valence electrons. The lowest BCUT2D eigenvalue weighted by Crippen LogP contribution is -2.04. The van der Waals surface area contributed by atoms with Crippen LogP contribution in [0.25, 0.3) is 31.7 Å². The third-order valence-electron chi connectivity index (χ3n) is 5.48. The number of anilines is 1. The third-order valence-corrected chi connectivity index (χ3v) is 6.84. The van der Waals surface area contributed by atoms with E-state index in [0.717, 1.165) is 37.2 Å². The Morgan fingerprint density at radius 3 is 2.56 bits per heavy atom. The molecule has 0 aliphatic rings. The van der Waals surface area contributed by atoms with Gasteiger partial charge >= 0.3 is 5.97 Å². The normalized spacial score (nSPS) is 11.0. The van der Waals surface area contributed by atoms with E-state index in [4.69, 9.17) is 31.0 Å². The number of nitrogens with zero attached hydrogens (tertiary/aromatic N) is 2. The zero-order valence-corrected chi connectivity index (χ0v) is 20.0. The van der Waals surface area contributed by atoms with Crippen LogP contribution in [0.5, 0.6) is 5.75 Å². The van der Waals surface area contributed by atoms with Crippen LogP contribution < -0.4 is 10.1 Å². The predicted octanol–water partition coefficient (Wildman–Crippen LogP) is 6.57. The summed E-state index contributed by atoms with van der Waals surface area (Å²) in [6.07, 6.45) is 0. The van der Waals surface area contributed by atoms with Crippen molar-refractivity contribution < 1.29 is 14.3 Å². The van der Waals surface area contributed by atoms with Crippen LogP contribution in [0.1, 0.15) is 15.9 Å². The molecule has 0 amide bonds. The molecular formula is C26H20ClN3O3S. The Morgan fingerprint density at radius 2 is 1.82 bits per heavy atom. The molecule has 6 nitrogen and oxygen atoms in total. The molecule has 5 rings (SSSR count). The maximum absolute atomic E-state index is 11.8. The molecule has 8 heteroatoms. The average molecular weight is 490 g/mol. The topological polar surface area (TPSA) is 73.3 Å². The lowest BCUT2D eigenvalue weighted by Gasteiger charge is -2.11. The van der Waals surface area contributed by atoms with Crippen molar-refractivity contribution in [1.29, 1.82) is 0 Å². The molecule has 1 N–H and O–H groups in total. The van der Waals surface area contributed by atoms with Crippen LogP contribution in [0.15, 0.2) is 66.7 Å². The van der Waals surface area contributed by atoms with Gasteiger partial charge in [-0.2, -0.15) is 0 Å². The van der Waals surface area contributed by atoms with Crippen LogP contribution in [0, 0.1) is 0 Å². The highest BCUT2D eigenvalue weighted by Gasteiger charge is 2.16. The molecule has 0 saturated heterocycles. The molecule has 0 radical (unpaired) electrons. The maximum atomic E-state index is 11.8. The standard InChI is InChI=1S/C26H20ClN3O3S/c1-32-20-12-7-15(13-19(20)27)14-28-24-22-18-5-3-4-6-21(18)34-25(22)30-23(29-24)16-8-10-17(11-9-16)26(31)33-2/h3-13H,14H2,1-2H3,(H,28,29,30). The van der Waals surface area contributed by atoms with Gasteiger partial charge in [0, 0.05) is 22.2 Å². The van der Waals surface area contributed by atoms with Crippen molar-refractivity contribution >= 4 is 55.0 Å². The van der Waals surface area contributed by atoms with E-state index in [2.05, 4.69) is 17.4 Å². The quantitative estimate of drug-likeness (QED) is 0.272. The second-order valence-electron chi connectivity index (χ2n) is 7.57. The van der Waals surface area contributed by atoms with Crippen LogP contribution in [0.4, 0.5) is 5.82 Å². The molecule has 0 spiro atoms. The lowest BCUT2D eigenvalue weighted by molar-refractivity contribution is 0.0600. The Hall–Kier alpha value is -3.68. The summed E-state index contributed by atoms with van der Waals surface area (Å²) in [6.45, 7) is 0.528. The van der Waals surface area contributed by atoms with Gasteiger partial charge in [-0.25, -0.2) is 14.8 Å². The van der Waals surface area contributed by atoms with Gasteiger partial charge in [-0.15, -0.1) is 11.3 Å². The minimum Gasteiger partial charge on any atom is -0.495 e. The van der Waals surface area contributed by atoms with Crippen molar-refractivity contribution in [3.8, 4) is 17.1 Å². The van der Waals surface area contributed by atoms with Crippen LogP contribution >= 0.6 is 22.9 Å². The summed E-state index contributed by atoms with van der Waals surface area (Å²) in [5.41, 5.74) is 2.28. The molecular weight excluding hydrogens is 470 g/mol. The Bertz CT molecular complexity index is 1520. The molecule has 0 fully saturated rings. The Morgan fingerprint density at radius 1 is 1.03 bits per heavy atom. The van der Waals surface area contributed by atoms with E-state index in [1.807, 2.05) is 42.5 Å². The highest BCUT2D eigenvalue weighted by Crippen LogP contribution is 2.38. The molecule has 0 saturated carbocycles.